The molecule has 0 aliphatic carbocycles. The Hall–Kier alpha value is -1.84. The van der Waals surface area contributed by atoms with Crippen molar-refractivity contribution in [3.8, 4) is 0 Å². The maximum atomic E-state index is 12.6. The molecule has 2 aromatic carbocycles. The van der Waals surface area contributed by atoms with E-state index in [0.29, 0.717) is 19.6 Å². The van der Waals surface area contributed by atoms with Gasteiger partial charge in [-0.05, 0) is 52.9 Å². The fourth-order valence-electron chi connectivity index (χ4n) is 5.61. The normalized spacial score (nSPS) is 23.5. The van der Waals surface area contributed by atoms with E-state index in [0.717, 1.165) is 42.5 Å². The Kier molecular flexibility index (Phi) is 13.0. The van der Waals surface area contributed by atoms with Crippen molar-refractivity contribution in [2.75, 3.05) is 19.5 Å². The first-order valence-corrected chi connectivity index (χ1v) is 17.9. The van der Waals surface area contributed by atoms with Gasteiger partial charge in [0.05, 0.1) is 12.2 Å². The third kappa shape index (κ3) is 7.71. The van der Waals surface area contributed by atoms with E-state index in [-0.39, 0.29) is 17.6 Å². The highest BCUT2D eigenvalue weighted by Gasteiger charge is 2.52. The highest BCUT2D eigenvalue weighted by atomic mass is 32.2. The average molecular weight is 586 g/mol. The summed E-state index contributed by atoms with van der Waals surface area (Å²) in [7, 11) is -3.16. The van der Waals surface area contributed by atoms with Crippen LogP contribution in [-0.4, -0.2) is 62.4 Å². The van der Waals surface area contributed by atoms with Crippen molar-refractivity contribution in [1.82, 2.24) is 0 Å². The van der Waals surface area contributed by atoms with Crippen molar-refractivity contribution in [3.63, 3.8) is 0 Å². The molecule has 1 fully saturated rings. The van der Waals surface area contributed by atoms with Crippen molar-refractivity contribution < 1.29 is 19.0 Å². The fraction of sp³-hybridized carbons (Fsp3) is 0.613. The van der Waals surface area contributed by atoms with Gasteiger partial charge in [-0.15, -0.1) is 11.8 Å². The Balaban J connectivity index is 1.94. The van der Waals surface area contributed by atoms with Gasteiger partial charge in [0.1, 0.15) is 17.6 Å². The third-order valence-electron chi connectivity index (χ3n) is 8.06. The number of unbranched alkanes of at least 4 members (excludes halogenated alkanes) is 2. The summed E-state index contributed by atoms with van der Waals surface area (Å²) in [6.07, 6.45) is 6.28. The summed E-state index contributed by atoms with van der Waals surface area (Å²) in [6, 6.07) is 19.8. The SMILES string of the molecule is CCCCOC1C(CCC(C)(C)[Si](O)(c2ccccc2)c2ccccc2)O[C@@H](SC)C(N=[N+]=[N-])C1OCCCC. The van der Waals surface area contributed by atoms with Gasteiger partial charge in [0.15, 0.2) is 0 Å². The molecule has 1 aliphatic rings. The molecule has 0 spiro atoms. The van der Waals surface area contributed by atoms with Crippen LogP contribution in [0.3, 0.4) is 0 Å². The van der Waals surface area contributed by atoms with E-state index in [1.165, 1.54) is 0 Å². The number of hydrogen-bond donors (Lipinski definition) is 1. The summed E-state index contributed by atoms with van der Waals surface area (Å²) >= 11 is 1.54. The zero-order valence-corrected chi connectivity index (χ0v) is 26.6. The second kappa shape index (κ2) is 16.0. The van der Waals surface area contributed by atoms with Crippen molar-refractivity contribution in [2.45, 2.75) is 101 Å². The lowest BCUT2D eigenvalue weighted by Crippen LogP contribution is -2.65. The molecule has 0 aromatic heterocycles. The van der Waals surface area contributed by atoms with Crippen LogP contribution in [0.25, 0.3) is 10.4 Å². The Morgan fingerprint density at radius 2 is 1.48 bits per heavy atom. The molecule has 2 aromatic rings. The van der Waals surface area contributed by atoms with Crippen molar-refractivity contribution in [1.29, 1.82) is 0 Å². The lowest BCUT2D eigenvalue weighted by atomic mass is 9.92. The number of rotatable bonds is 16. The van der Waals surface area contributed by atoms with E-state index in [1.807, 2.05) is 42.7 Å². The maximum absolute atomic E-state index is 12.6. The lowest BCUT2D eigenvalue weighted by molar-refractivity contribution is -0.194. The number of thioether (sulfide) groups is 1. The number of ether oxygens (including phenoxy) is 3. The van der Waals surface area contributed by atoms with E-state index in [9.17, 15) is 10.3 Å². The zero-order valence-electron chi connectivity index (χ0n) is 24.7. The molecular weight excluding hydrogens is 539 g/mol. The smallest absolute Gasteiger partial charge is 0.258 e. The second-order valence-electron chi connectivity index (χ2n) is 11.2. The summed E-state index contributed by atoms with van der Waals surface area (Å²) < 4.78 is 19.5. The van der Waals surface area contributed by atoms with E-state index < -0.39 is 25.5 Å². The lowest BCUT2D eigenvalue weighted by Gasteiger charge is -2.46. The minimum absolute atomic E-state index is 0.254. The predicted molar refractivity (Wildman–Crippen MR) is 168 cm³/mol. The van der Waals surface area contributed by atoms with E-state index in [1.54, 1.807) is 11.8 Å². The van der Waals surface area contributed by atoms with Gasteiger partial charge >= 0.3 is 0 Å². The third-order valence-corrected chi connectivity index (χ3v) is 13.5. The van der Waals surface area contributed by atoms with Crippen LogP contribution in [-0.2, 0) is 14.2 Å². The standard InChI is InChI=1S/C31H47N3O4SSi/c1-6-8-22-36-28-26(38-30(39-5)27(33-34-32)29(28)37-23-9-7-2)20-21-31(3,4)40(35,24-16-12-10-13-17-24)25-18-14-11-15-19-25/h10-19,26-30,35H,6-9,20-23H2,1-5H3/t26?,27?,28?,29?,30-/m0/s1. The maximum Gasteiger partial charge on any atom is 0.258 e. The van der Waals surface area contributed by atoms with E-state index >= 15 is 0 Å². The molecule has 220 valence electrons. The van der Waals surface area contributed by atoms with Crippen LogP contribution >= 0.6 is 11.8 Å². The Labute approximate surface area is 245 Å². The zero-order chi connectivity index (χ0) is 29.0. The van der Waals surface area contributed by atoms with Crippen molar-refractivity contribution in [2.24, 2.45) is 5.11 Å². The van der Waals surface area contributed by atoms with Crippen LogP contribution in [0.15, 0.2) is 65.8 Å². The molecule has 0 saturated carbocycles. The number of azide groups is 1. The van der Waals surface area contributed by atoms with Gasteiger partial charge in [-0.25, -0.2) is 0 Å². The van der Waals surface area contributed by atoms with Gasteiger partial charge in [0, 0.05) is 18.1 Å². The Bertz CT molecular complexity index is 1020. The quantitative estimate of drug-likeness (QED) is 0.0804. The van der Waals surface area contributed by atoms with Gasteiger partial charge in [-0.1, -0.05) is 106 Å². The molecule has 0 radical (unpaired) electrons. The molecule has 1 heterocycles. The van der Waals surface area contributed by atoms with Crippen LogP contribution in [0.5, 0.6) is 0 Å². The summed E-state index contributed by atoms with van der Waals surface area (Å²) in [6.45, 7) is 9.81. The first kappa shape index (κ1) is 32.7. The Morgan fingerprint density at radius 3 is 1.95 bits per heavy atom. The van der Waals surface area contributed by atoms with Crippen LogP contribution in [0.4, 0.5) is 0 Å². The molecular formula is C31H47N3O4SSi. The molecule has 0 bridgehead atoms. The molecule has 1 N–H and O–H groups in total. The number of nitrogens with zero attached hydrogens (tertiary/aromatic N) is 3. The predicted octanol–water partition coefficient (Wildman–Crippen LogP) is 6.44. The van der Waals surface area contributed by atoms with E-state index in [2.05, 4.69) is 62.0 Å². The molecule has 0 amide bonds. The van der Waals surface area contributed by atoms with Gasteiger partial charge < -0.3 is 19.0 Å². The highest BCUT2D eigenvalue weighted by Crippen LogP contribution is 2.43. The molecule has 1 aliphatic heterocycles. The monoisotopic (exact) mass is 585 g/mol. The largest absolute Gasteiger partial charge is 0.424 e. The fourth-order valence-corrected chi connectivity index (χ4v) is 10.1. The highest BCUT2D eigenvalue weighted by molar-refractivity contribution is 7.99. The van der Waals surface area contributed by atoms with Crippen molar-refractivity contribution in [3.05, 3.63) is 71.1 Å². The number of hydrogen-bond acceptors (Lipinski definition) is 6. The number of benzene rings is 2. The van der Waals surface area contributed by atoms with Gasteiger partial charge in [-0.2, -0.15) is 0 Å². The summed E-state index contributed by atoms with van der Waals surface area (Å²) in [5.41, 5.74) is 9.05. The minimum Gasteiger partial charge on any atom is -0.424 e. The average Bonchev–Trinajstić information content (AvgIpc) is 2.98. The van der Waals surface area contributed by atoms with Crippen LogP contribution in [0, 0.1) is 0 Å². The molecule has 9 heteroatoms. The summed E-state index contributed by atoms with van der Waals surface area (Å²) in [4.78, 5) is 15.8. The first-order valence-electron chi connectivity index (χ1n) is 14.6. The summed E-state index contributed by atoms with van der Waals surface area (Å²) in [5.74, 6) is 0. The minimum atomic E-state index is -3.16. The van der Waals surface area contributed by atoms with Crippen LogP contribution in [0.2, 0.25) is 5.04 Å². The Morgan fingerprint density at radius 1 is 0.950 bits per heavy atom. The van der Waals surface area contributed by atoms with Crippen molar-refractivity contribution >= 4 is 30.5 Å². The van der Waals surface area contributed by atoms with E-state index in [4.69, 9.17) is 14.2 Å². The molecule has 5 atom stereocenters. The second-order valence-corrected chi connectivity index (χ2v) is 16.1. The molecule has 3 rings (SSSR count). The molecule has 4 unspecified atom stereocenters. The van der Waals surface area contributed by atoms with Crippen LogP contribution in [0.1, 0.15) is 66.2 Å². The molecule has 1 saturated heterocycles. The van der Waals surface area contributed by atoms with Crippen LogP contribution < -0.4 is 10.4 Å². The summed E-state index contributed by atoms with van der Waals surface area (Å²) in [5, 5.41) is 5.71. The van der Waals surface area contributed by atoms with Gasteiger partial charge in [0.2, 0.25) is 0 Å². The topological polar surface area (TPSA) is 96.7 Å². The van der Waals surface area contributed by atoms with Gasteiger partial charge in [0.25, 0.3) is 8.32 Å². The molecule has 7 nitrogen and oxygen atoms in total. The van der Waals surface area contributed by atoms with Gasteiger partial charge in [-0.3, -0.25) is 0 Å². The molecule has 40 heavy (non-hydrogen) atoms. The first-order chi connectivity index (χ1) is 19.3.